The van der Waals surface area contributed by atoms with E-state index in [1.165, 1.54) is 17.6 Å². The maximum atomic E-state index is 12.6. The lowest BCUT2D eigenvalue weighted by Crippen LogP contribution is -2.20. The number of nitrogens with zero attached hydrogens (tertiary/aromatic N) is 2. The summed E-state index contributed by atoms with van der Waals surface area (Å²) in [6, 6.07) is 25.7. The Morgan fingerprint density at radius 2 is 1.64 bits per heavy atom. The van der Waals surface area contributed by atoms with E-state index in [-0.39, 0.29) is 34.2 Å². The number of para-hydroxylation sites is 1. The SMILES string of the molecule is Cc1ccc(NC(=O)COc2c(Cl)cc(/C=N/NC(=O)c3ccc(-c4csc(Nc5ccccc5)n4)cc3)cc2Cl)cc1C. The lowest BCUT2D eigenvalue weighted by Gasteiger charge is -2.12. The van der Waals surface area contributed by atoms with Crippen molar-refractivity contribution in [3.8, 4) is 17.0 Å². The Morgan fingerprint density at radius 3 is 2.34 bits per heavy atom. The Morgan fingerprint density at radius 1 is 0.909 bits per heavy atom. The molecule has 0 aliphatic carbocycles. The Labute approximate surface area is 268 Å². The summed E-state index contributed by atoms with van der Waals surface area (Å²) < 4.78 is 5.58. The molecule has 0 atom stereocenters. The molecule has 2 amide bonds. The van der Waals surface area contributed by atoms with Gasteiger partial charge in [-0.1, -0.05) is 59.6 Å². The molecule has 8 nitrogen and oxygen atoms in total. The number of hydrazone groups is 1. The molecule has 0 bridgehead atoms. The van der Waals surface area contributed by atoms with Crippen LogP contribution in [-0.2, 0) is 4.79 Å². The minimum atomic E-state index is -0.385. The lowest BCUT2D eigenvalue weighted by molar-refractivity contribution is -0.118. The first-order valence-electron chi connectivity index (χ1n) is 13.5. The molecule has 0 fully saturated rings. The standard InChI is InChI=1S/C33H27Cl2N5O3S/c1-20-8-13-26(14-21(20)2)37-30(41)18-43-31-27(34)15-22(16-28(31)35)17-36-40-32(42)24-11-9-23(10-12-24)29-19-44-33(39-29)38-25-6-4-3-5-7-25/h3-17,19H,18H2,1-2H3,(H,37,41)(H,38,39)(H,40,42)/b36-17+. The van der Waals surface area contributed by atoms with Gasteiger partial charge in [-0.25, -0.2) is 10.4 Å². The monoisotopic (exact) mass is 643 g/mol. The van der Waals surface area contributed by atoms with Crippen LogP contribution in [0, 0.1) is 13.8 Å². The first-order chi connectivity index (χ1) is 21.2. The van der Waals surface area contributed by atoms with E-state index in [4.69, 9.17) is 27.9 Å². The fraction of sp³-hybridized carbons (Fsp3) is 0.0909. The number of ether oxygens (including phenoxy) is 1. The van der Waals surface area contributed by atoms with Gasteiger partial charge in [0.2, 0.25) is 0 Å². The van der Waals surface area contributed by atoms with Crippen LogP contribution in [0.15, 0.2) is 95.4 Å². The molecule has 0 saturated heterocycles. The highest BCUT2D eigenvalue weighted by molar-refractivity contribution is 7.14. The molecule has 0 aliphatic heterocycles. The number of carbonyl (C=O) groups is 2. The van der Waals surface area contributed by atoms with Crippen molar-refractivity contribution in [1.82, 2.24) is 10.4 Å². The van der Waals surface area contributed by atoms with Gasteiger partial charge >= 0.3 is 0 Å². The normalized spacial score (nSPS) is 10.9. The molecule has 4 aromatic carbocycles. The summed E-state index contributed by atoms with van der Waals surface area (Å²) in [5.74, 6) is -0.560. The van der Waals surface area contributed by atoms with Gasteiger partial charge < -0.3 is 15.4 Å². The number of hydrogen-bond acceptors (Lipinski definition) is 7. The van der Waals surface area contributed by atoms with Crippen molar-refractivity contribution in [3.05, 3.63) is 123 Å². The average Bonchev–Trinajstić information content (AvgIpc) is 3.47. The lowest BCUT2D eigenvalue weighted by atomic mass is 10.1. The molecule has 44 heavy (non-hydrogen) atoms. The van der Waals surface area contributed by atoms with Crippen molar-refractivity contribution in [3.63, 3.8) is 0 Å². The van der Waals surface area contributed by atoms with E-state index in [1.54, 1.807) is 24.3 Å². The van der Waals surface area contributed by atoms with Crippen LogP contribution in [0.2, 0.25) is 10.0 Å². The van der Waals surface area contributed by atoms with Crippen LogP contribution in [0.25, 0.3) is 11.3 Å². The fourth-order valence-electron chi connectivity index (χ4n) is 4.08. The Bertz CT molecular complexity index is 1800. The second kappa shape index (κ2) is 14.2. The van der Waals surface area contributed by atoms with E-state index < -0.39 is 0 Å². The van der Waals surface area contributed by atoms with E-state index in [9.17, 15) is 9.59 Å². The molecule has 0 saturated carbocycles. The van der Waals surface area contributed by atoms with E-state index in [2.05, 4.69) is 26.1 Å². The van der Waals surface area contributed by atoms with Gasteiger partial charge in [-0.2, -0.15) is 5.10 Å². The van der Waals surface area contributed by atoms with E-state index >= 15 is 0 Å². The van der Waals surface area contributed by atoms with Gasteiger partial charge in [0.1, 0.15) is 0 Å². The highest BCUT2D eigenvalue weighted by atomic mass is 35.5. The van der Waals surface area contributed by atoms with Gasteiger partial charge in [-0.15, -0.1) is 11.3 Å². The van der Waals surface area contributed by atoms with Gasteiger partial charge in [0.05, 0.1) is 22.0 Å². The first-order valence-corrected chi connectivity index (χ1v) is 15.1. The highest BCUT2D eigenvalue weighted by Crippen LogP contribution is 2.34. The number of carbonyl (C=O) groups excluding carboxylic acids is 2. The molecule has 3 N–H and O–H groups in total. The maximum absolute atomic E-state index is 12.6. The number of amides is 2. The average molecular weight is 645 g/mol. The summed E-state index contributed by atoms with van der Waals surface area (Å²) >= 11 is 14.2. The van der Waals surface area contributed by atoms with Crippen molar-refractivity contribution >= 4 is 69.1 Å². The molecule has 1 aromatic heterocycles. The van der Waals surface area contributed by atoms with Gasteiger partial charge in [-0.3, -0.25) is 9.59 Å². The quantitative estimate of drug-likeness (QED) is 0.105. The van der Waals surface area contributed by atoms with Gasteiger partial charge in [0, 0.05) is 27.9 Å². The summed E-state index contributed by atoms with van der Waals surface area (Å²) in [7, 11) is 0. The molecule has 1 heterocycles. The number of aromatic nitrogens is 1. The van der Waals surface area contributed by atoms with E-state index in [0.717, 1.165) is 33.2 Å². The molecule has 0 spiro atoms. The van der Waals surface area contributed by atoms with Crippen molar-refractivity contribution < 1.29 is 14.3 Å². The zero-order chi connectivity index (χ0) is 31.1. The zero-order valence-corrected chi connectivity index (χ0v) is 26.1. The number of hydrogen-bond donors (Lipinski definition) is 3. The number of halogens is 2. The van der Waals surface area contributed by atoms with Gasteiger partial charge in [0.15, 0.2) is 17.5 Å². The molecule has 222 valence electrons. The van der Waals surface area contributed by atoms with E-state index in [1.807, 2.05) is 79.9 Å². The number of nitrogens with one attached hydrogen (secondary N) is 3. The summed E-state index contributed by atoms with van der Waals surface area (Å²) in [5.41, 5.74) is 9.00. The van der Waals surface area contributed by atoms with Crippen molar-refractivity contribution in [2.75, 3.05) is 17.2 Å². The smallest absolute Gasteiger partial charge is 0.271 e. The fourth-order valence-corrected chi connectivity index (χ4v) is 5.43. The van der Waals surface area contributed by atoms with Crippen molar-refractivity contribution in [2.24, 2.45) is 5.10 Å². The zero-order valence-electron chi connectivity index (χ0n) is 23.7. The summed E-state index contributed by atoms with van der Waals surface area (Å²) in [5, 5.41) is 13.2. The Hall–Kier alpha value is -4.70. The second-order valence-corrected chi connectivity index (χ2v) is 11.4. The third kappa shape index (κ3) is 8.02. The summed E-state index contributed by atoms with van der Waals surface area (Å²) in [6.45, 7) is 3.70. The number of anilines is 3. The van der Waals surface area contributed by atoms with Crippen LogP contribution in [-0.4, -0.2) is 29.6 Å². The third-order valence-electron chi connectivity index (χ3n) is 6.51. The van der Waals surface area contributed by atoms with Crippen LogP contribution in [0.3, 0.4) is 0 Å². The predicted molar refractivity (Wildman–Crippen MR) is 179 cm³/mol. The Kier molecular flexibility index (Phi) is 9.91. The van der Waals surface area contributed by atoms with Gasteiger partial charge in [-0.05, 0) is 79.1 Å². The molecule has 0 radical (unpaired) electrons. The molecule has 11 heteroatoms. The summed E-state index contributed by atoms with van der Waals surface area (Å²) in [6.07, 6.45) is 1.41. The molecule has 5 rings (SSSR count). The number of benzene rings is 4. The minimum absolute atomic E-state index is 0.174. The molecule has 0 aliphatic rings. The van der Waals surface area contributed by atoms with Crippen molar-refractivity contribution in [2.45, 2.75) is 13.8 Å². The molecule has 5 aromatic rings. The van der Waals surface area contributed by atoms with E-state index in [0.29, 0.717) is 16.8 Å². The van der Waals surface area contributed by atoms with Crippen LogP contribution in [0.1, 0.15) is 27.0 Å². The van der Waals surface area contributed by atoms with Gasteiger partial charge in [0.25, 0.3) is 11.8 Å². The predicted octanol–water partition coefficient (Wildman–Crippen LogP) is 8.26. The number of aryl methyl sites for hydroxylation is 2. The molecular formula is C33H27Cl2N5O3S. The van der Waals surface area contributed by atoms with Crippen LogP contribution in [0.5, 0.6) is 5.75 Å². The van der Waals surface area contributed by atoms with Crippen LogP contribution < -0.4 is 20.8 Å². The number of rotatable bonds is 10. The largest absolute Gasteiger partial charge is 0.481 e. The molecule has 0 unspecified atom stereocenters. The van der Waals surface area contributed by atoms with Crippen molar-refractivity contribution in [1.29, 1.82) is 0 Å². The maximum Gasteiger partial charge on any atom is 0.271 e. The topological polar surface area (TPSA) is 105 Å². The van der Waals surface area contributed by atoms with Crippen LogP contribution in [0.4, 0.5) is 16.5 Å². The number of thiazole rings is 1. The highest BCUT2D eigenvalue weighted by Gasteiger charge is 2.13. The Balaban J connectivity index is 1.13. The second-order valence-electron chi connectivity index (χ2n) is 9.75. The summed E-state index contributed by atoms with van der Waals surface area (Å²) in [4.78, 5) is 29.6. The van der Waals surface area contributed by atoms with Crippen LogP contribution >= 0.6 is 34.5 Å². The third-order valence-corrected chi connectivity index (χ3v) is 7.83. The first kappa shape index (κ1) is 30.7. The minimum Gasteiger partial charge on any atom is -0.481 e. The molecular weight excluding hydrogens is 617 g/mol.